The van der Waals surface area contributed by atoms with E-state index in [1.807, 2.05) is 0 Å². The van der Waals surface area contributed by atoms with E-state index in [4.69, 9.17) is 4.74 Å². The molecule has 0 N–H and O–H groups in total. The zero-order valence-corrected chi connectivity index (χ0v) is 11.5. The standard InChI is InChI=1S/C13H17IO2/c1-2-11(15)16-13-6-9-3-10(7-13)5-12(14,4-9)8-13/h2,9-10H,1,3-8H2. The Balaban J connectivity index is 1.86. The van der Waals surface area contributed by atoms with Crippen molar-refractivity contribution in [3.63, 3.8) is 0 Å². The maximum atomic E-state index is 11.5. The summed E-state index contributed by atoms with van der Waals surface area (Å²) in [6, 6.07) is 0. The predicted octanol–water partition coefficient (Wildman–Crippen LogP) is 3.24. The highest BCUT2D eigenvalue weighted by Gasteiger charge is 2.58. The van der Waals surface area contributed by atoms with Crippen LogP contribution in [0.4, 0.5) is 0 Å². The van der Waals surface area contributed by atoms with Gasteiger partial charge in [0.15, 0.2) is 0 Å². The molecule has 0 spiro atoms. The second kappa shape index (κ2) is 3.47. The monoisotopic (exact) mass is 332 g/mol. The van der Waals surface area contributed by atoms with E-state index < -0.39 is 0 Å². The van der Waals surface area contributed by atoms with E-state index in [-0.39, 0.29) is 11.6 Å². The lowest BCUT2D eigenvalue weighted by molar-refractivity contribution is -0.176. The maximum absolute atomic E-state index is 11.5. The van der Waals surface area contributed by atoms with Gasteiger partial charge in [-0.3, -0.25) is 0 Å². The zero-order chi connectivity index (χ0) is 11.4. The van der Waals surface area contributed by atoms with Gasteiger partial charge in [-0.15, -0.1) is 0 Å². The van der Waals surface area contributed by atoms with Crippen molar-refractivity contribution in [2.24, 2.45) is 11.8 Å². The number of carbonyl (C=O) groups is 1. The number of rotatable bonds is 2. The van der Waals surface area contributed by atoms with Gasteiger partial charge in [0.1, 0.15) is 5.60 Å². The Labute approximate surface area is 110 Å². The topological polar surface area (TPSA) is 26.3 Å². The van der Waals surface area contributed by atoms with Crippen LogP contribution in [0.25, 0.3) is 0 Å². The SMILES string of the molecule is C=CC(=O)OC12CC3CC(CC(I)(C3)C1)C2. The molecule has 4 aliphatic rings. The molecule has 2 atom stereocenters. The third-order valence-electron chi connectivity index (χ3n) is 4.42. The molecular formula is C13H17IO2. The van der Waals surface area contributed by atoms with Crippen molar-refractivity contribution in [1.82, 2.24) is 0 Å². The fourth-order valence-corrected chi connectivity index (χ4v) is 6.38. The Kier molecular flexibility index (Phi) is 2.39. The molecule has 4 bridgehead atoms. The van der Waals surface area contributed by atoms with E-state index in [2.05, 4.69) is 29.2 Å². The lowest BCUT2D eigenvalue weighted by Gasteiger charge is -2.59. The van der Waals surface area contributed by atoms with Gasteiger partial charge < -0.3 is 4.74 Å². The van der Waals surface area contributed by atoms with E-state index in [1.54, 1.807) is 0 Å². The molecular weight excluding hydrogens is 315 g/mol. The van der Waals surface area contributed by atoms with Gasteiger partial charge in [0.25, 0.3) is 0 Å². The van der Waals surface area contributed by atoms with Gasteiger partial charge in [-0.05, 0) is 43.9 Å². The van der Waals surface area contributed by atoms with E-state index in [1.165, 1.54) is 25.3 Å². The van der Waals surface area contributed by atoms with Crippen LogP contribution in [-0.2, 0) is 9.53 Å². The molecule has 0 heterocycles. The average molecular weight is 332 g/mol. The van der Waals surface area contributed by atoms with E-state index >= 15 is 0 Å². The molecule has 0 aromatic heterocycles. The Bertz CT molecular complexity index is 336. The minimum absolute atomic E-state index is 0.142. The molecule has 88 valence electrons. The highest BCUT2D eigenvalue weighted by molar-refractivity contribution is 14.1. The highest BCUT2D eigenvalue weighted by Crippen LogP contribution is 2.62. The van der Waals surface area contributed by atoms with Crippen molar-refractivity contribution in [2.45, 2.75) is 47.5 Å². The Morgan fingerprint density at radius 3 is 2.44 bits per heavy atom. The van der Waals surface area contributed by atoms with Gasteiger partial charge >= 0.3 is 5.97 Å². The molecule has 4 rings (SSSR count). The molecule has 4 aliphatic carbocycles. The van der Waals surface area contributed by atoms with Crippen LogP contribution in [-0.4, -0.2) is 15.0 Å². The molecule has 2 unspecified atom stereocenters. The van der Waals surface area contributed by atoms with Crippen LogP contribution >= 0.6 is 22.6 Å². The van der Waals surface area contributed by atoms with Crippen LogP contribution in [0.2, 0.25) is 0 Å². The summed E-state index contributed by atoms with van der Waals surface area (Å²) in [5.41, 5.74) is -0.142. The largest absolute Gasteiger partial charge is 0.456 e. The van der Waals surface area contributed by atoms with E-state index in [9.17, 15) is 4.79 Å². The van der Waals surface area contributed by atoms with Crippen molar-refractivity contribution in [1.29, 1.82) is 0 Å². The smallest absolute Gasteiger partial charge is 0.330 e. The molecule has 0 saturated heterocycles. The zero-order valence-electron chi connectivity index (χ0n) is 9.38. The quantitative estimate of drug-likeness (QED) is 0.336. The van der Waals surface area contributed by atoms with Crippen LogP contribution in [0.5, 0.6) is 0 Å². The Morgan fingerprint density at radius 2 is 1.94 bits per heavy atom. The fourth-order valence-electron chi connectivity index (χ4n) is 4.44. The summed E-state index contributed by atoms with van der Waals surface area (Å²) in [6.45, 7) is 3.50. The molecule has 16 heavy (non-hydrogen) atoms. The lowest BCUT2D eigenvalue weighted by atomic mass is 9.54. The summed E-state index contributed by atoms with van der Waals surface area (Å²) < 4.78 is 6.11. The first kappa shape index (κ1) is 11.1. The summed E-state index contributed by atoms with van der Waals surface area (Å²) >= 11 is 2.62. The Morgan fingerprint density at radius 1 is 1.31 bits per heavy atom. The van der Waals surface area contributed by atoms with Crippen LogP contribution in [0.1, 0.15) is 38.5 Å². The van der Waals surface area contributed by atoms with Gasteiger partial charge in [0.2, 0.25) is 0 Å². The van der Waals surface area contributed by atoms with Crippen LogP contribution in [0.3, 0.4) is 0 Å². The molecule has 0 radical (unpaired) electrons. The number of hydrogen-bond acceptors (Lipinski definition) is 2. The number of carbonyl (C=O) groups excluding carboxylic acids is 1. The van der Waals surface area contributed by atoms with E-state index in [0.717, 1.165) is 31.1 Å². The maximum Gasteiger partial charge on any atom is 0.330 e. The minimum Gasteiger partial charge on any atom is -0.456 e. The van der Waals surface area contributed by atoms with Crippen LogP contribution < -0.4 is 0 Å². The van der Waals surface area contributed by atoms with E-state index in [0.29, 0.717) is 3.42 Å². The lowest BCUT2D eigenvalue weighted by Crippen LogP contribution is -2.58. The summed E-state index contributed by atoms with van der Waals surface area (Å²) in [5, 5.41) is 0. The Hall–Kier alpha value is -0.0600. The van der Waals surface area contributed by atoms with Crippen molar-refractivity contribution < 1.29 is 9.53 Å². The molecule has 0 aliphatic heterocycles. The molecule has 0 aromatic carbocycles. The predicted molar refractivity (Wildman–Crippen MR) is 70.5 cm³/mol. The average Bonchev–Trinajstić information content (AvgIpc) is 2.12. The van der Waals surface area contributed by atoms with Crippen LogP contribution in [0.15, 0.2) is 12.7 Å². The normalized spacial score (nSPS) is 49.1. The van der Waals surface area contributed by atoms with Crippen molar-refractivity contribution in [3.05, 3.63) is 12.7 Å². The second-order valence-electron chi connectivity index (χ2n) is 5.92. The molecule has 4 fully saturated rings. The van der Waals surface area contributed by atoms with Crippen molar-refractivity contribution in [3.8, 4) is 0 Å². The minimum atomic E-state index is -0.234. The first-order valence-electron chi connectivity index (χ1n) is 6.07. The summed E-state index contributed by atoms with van der Waals surface area (Å²) in [6.07, 6.45) is 8.57. The summed E-state index contributed by atoms with van der Waals surface area (Å²) in [5.74, 6) is 1.34. The summed E-state index contributed by atoms with van der Waals surface area (Å²) in [4.78, 5) is 11.5. The molecule has 0 amide bonds. The van der Waals surface area contributed by atoms with Crippen molar-refractivity contribution >= 4 is 28.6 Å². The number of alkyl halides is 1. The van der Waals surface area contributed by atoms with Gasteiger partial charge in [-0.1, -0.05) is 29.2 Å². The number of halogens is 1. The molecule has 3 heteroatoms. The highest BCUT2D eigenvalue weighted by atomic mass is 127. The molecule has 0 aromatic rings. The number of esters is 1. The van der Waals surface area contributed by atoms with Crippen molar-refractivity contribution in [2.75, 3.05) is 0 Å². The van der Waals surface area contributed by atoms with Gasteiger partial charge in [-0.25, -0.2) is 4.79 Å². The second-order valence-corrected chi connectivity index (χ2v) is 8.21. The summed E-state index contributed by atoms with van der Waals surface area (Å²) in [7, 11) is 0. The fraction of sp³-hybridized carbons (Fsp3) is 0.769. The third-order valence-corrected chi connectivity index (χ3v) is 5.68. The number of ether oxygens (including phenoxy) is 1. The first-order valence-corrected chi connectivity index (χ1v) is 7.15. The molecule has 2 nitrogen and oxygen atoms in total. The third kappa shape index (κ3) is 1.71. The first-order chi connectivity index (χ1) is 7.53. The van der Waals surface area contributed by atoms with Crippen LogP contribution in [0, 0.1) is 11.8 Å². The van der Waals surface area contributed by atoms with Gasteiger partial charge in [0.05, 0.1) is 0 Å². The van der Waals surface area contributed by atoms with Gasteiger partial charge in [0, 0.05) is 15.9 Å². The number of hydrogen-bond donors (Lipinski definition) is 0. The molecule has 4 saturated carbocycles. The van der Waals surface area contributed by atoms with Gasteiger partial charge in [-0.2, -0.15) is 0 Å².